The van der Waals surface area contributed by atoms with E-state index in [0.717, 1.165) is 13.1 Å². The fourth-order valence-electron chi connectivity index (χ4n) is 4.82. The highest BCUT2D eigenvalue weighted by atomic mass is 15.1. The molecule has 114 valence electrons. The summed E-state index contributed by atoms with van der Waals surface area (Å²) in [7, 11) is 0. The van der Waals surface area contributed by atoms with Crippen LogP contribution in [0, 0.1) is 5.41 Å². The lowest BCUT2D eigenvalue weighted by Gasteiger charge is -2.45. The van der Waals surface area contributed by atoms with Crippen molar-refractivity contribution in [2.45, 2.75) is 57.9 Å². The summed E-state index contributed by atoms with van der Waals surface area (Å²) in [5.74, 6) is 0. The Hall–Kier alpha value is -1.02. The molecule has 1 saturated heterocycles. The van der Waals surface area contributed by atoms with Gasteiger partial charge in [0.1, 0.15) is 0 Å². The summed E-state index contributed by atoms with van der Waals surface area (Å²) in [4.78, 5) is 2.67. The van der Waals surface area contributed by atoms with E-state index in [4.69, 9.17) is 0 Å². The Morgan fingerprint density at radius 2 is 1.76 bits per heavy atom. The molecule has 2 fully saturated rings. The van der Waals surface area contributed by atoms with Crippen molar-refractivity contribution in [3.8, 4) is 0 Å². The van der Waals surface area contributed by atoms with Crippen LogP contribution in [0.1, 0.15) is 56.1 Å². The number of piperidine rings is 1. The van der Waals surface area contributed by atoms with Crippen LogP contribution in [0.25, 0.3) is 0 Å². The normalized spacial score (nSPS) is 24.9. The van der Waals surface area contributed by atoms with E-state index < -0.39 is 0 Å². The van der Waals surface area contributed by atoms with Crippen molar-refractivity contribution in [3.63, 3.8) is 0 Å². The number of anilines is 1. The smallest absolute Gasteiger partial charge is 0.0414 e. The van der Waals surface area contributed by atoms with Gasteiger partial charge in [-0.25, -0.2) is 0 Å². The molecule has 2 aliphatic heterocycles. The molecule has 3 aliphatic rings. The Kier molecular flexibility index (Phi) is 3.66. The van der Waals surface area contributed by atoms with Crippen LogP contribution in [0.4, 0.5) is 5.69 Å². The Morgan fingerprint density at radius 3 is 2.57 bits per heavy atom. The average molecular weight is 284 g/mol. The summed E-state index contributed by atoms with van der Waals surface area (Å²) < 4.78 is 0. The number of benzene rings is 1. The zero-order valence-electron chi connectivity index (χ0n) is 13.2. The minimum atomic E-state index is 0.710. The van der Waals surface area contributed by atoms with Crippen molar-refractivity contribution >= 4 is 5.69 Å². The number of nitrogens with zero attached hydrogens (tertiary/aromatic N) is 1. The maximum atomic E-state index is 3.55. The van der Waals surface area contributed by atoms with Crippen LogP contribution < -0.4 is 10.2 Å². The van der Waals surface area contributed by atoms with Gasteiger partial charge in [0, 0.05) is 25.3 Å². The van der Waals surface area contributed by atoms with Crippen LogP contribution in [-0.2, 0) is 13.0 Å². The Labute approximate surface area is 128 Å². The molecule has 1 aromatic rings. The number of fused-ring (bicyclic) bond motifs is 1. The van der Waals surface area contributed by atoms with Crippen molar-refractivity contribution in [1.82, 2.24) is 5.32 Å². The zero-order chi connectivity index (χ0) is 14.1. The number of hydrogen-bond donors (Lipinski definition) is 1. The first-order valence-electron chi connectivity index (χ1n) is 8.93. The number of nitrogens with one attached hydrogen (secondary N) is 1. The first-order valence-corrected chi connectivity index (χ1v) is 8.93. The van der Waals surface area contributed by atoms with Crippen LogP contribution in [0.2, 0.25) is 0 Å². The molecule has 0 unspecified atom stereocenters. The van der Waals surface area contributed by atoms with E-state index in [1.807, 2.05) is 0 Å². The van der Waals surface area contributed by atoms with Crippen LogP contribution in [0.5, 0.6) is 0 Å². The van der Waals surface area contributed by atoms with E-state index in [1.165, 1.54) is 70.1 Å². The van der Waals surface area contributed by atoms with Crippen molar-refractivity contribution in [3.05, 3.63) is 29.3 Å². The molecule has 1 aliphatic carbocycles. The average Bonchev–Trinajstić information content (AvgIpc) is 2.56. The molecule has 1 spiro atoms. The van der Waals surface area contributed by atoms with Gasteiger partial charge in [0.2, 0.25) is 0 Å². The lowest BCUT2D eigenvalue weighted by atomic mass is 9.68. The minimum Gasteiger partial charge on any atom is -0.371 e. The van der Waals surface area contributed by atoms with Gasteiger partial charge in [0.15, 0.2) is 0 Å². The molecule has 2 heteroatoms. The Bertz CT molecular complexity index is 492. The second-order valence-corrected chi connectivity index (χ2v) is 7.39. The fourth-order valence-corrected chi connectivity index (χ4v) is 4.82. The highest BCUT2D eigenvalue weighted by Gasteiger charge is 2.36. The molecule has 2 nitrogen and oxygen atoms in total. The summed E-state index contributed by atoms with van der Waals surface area (Å²) in [6.45, 7) is 4.75. The van der Waals surface area contributed by atoms with Gasteiger partial charge in [-0.15, -0.1) is 0 Å². The first-order chi connectivity index (χ1) is 10.4. The van der Waals surface area contributed by atoms with Crippen LogP contribution in [0.3, 0.4) is 0 Å². The maximum absolute atomic E-state index is 3.55. The summed E-state index contributed by atoms with van der Waals surface area (Å²) in [5.41, 5.74) is 5.37. The zero-order valence-corrected chi connectivity index (χ0v) is 13.2. The van der Waals surface area contributed by atoms with E-state index in [-0.39, 0.29) is 0 Å². The van der Waals surface area contributed by atoms with Crippen LogP contribution in [-0.4, -0.2) is 19.6 Å². The van der Waals surface area contributed by atoms with Gasteiger partial charge in [0.05, 0.1) is 0 Å². The standard InChI is InChI=1S/C19H28N2/c1-2-8-19(9-3-1)10-13-21(14-11-19)18-6-4-5-16-7-12-20-15-17(16)18/h4-6,20H,1-3,7-15H2. The quantitative estimate of drug-likeness (QED) is 0.842. The van der Waals surface area contributed by atoms with Gasteiger partial charge >= 0.3 is 0 Å². The lowest BCUT2D eigenvalue weighted by molar-refractivity contribution is 0.144. The van der Waals surface area contributed by atoms with E-state index in [9.17, 15) is 0 Å². The summed E-state index contributed by atoms with van der Waals surface area (Å²) in [6, 6.07) is 6.95. The van der Waals surface area contributed by atoms with E-state index in [0.29, 0.717) is 5.41 Å². The van der Waals surface area contributed by atoms with Crippen molar-refractivity contribution in [1.29, 1.82) is 0 Å². The van der Waals surface area contributed by atoms with Gasteiger partial charge < -0.3 is 10.2 Å². The second kappa shape index (κ2) is 5.64. The second-order valence-electron chi connectivity index (χ2n) is 7.39. The molecule has 0 amide bonds. The summed E-state index contributed by atoms with van der Waals surface area (Å²) >= 11 is 0. The molecule has 1 N–H and O–H groups in total. The molecule has 0 radical (unpaired) electrons. The summed E-state index contributed by atoms with van der Waals surface area (Å²) in [6.07, 6.45) is 11.5. The Morgan fingerprint density at radius 1 is 0.952 bits per heavy atom. The molecule has 2 heterocycles. The third-order valence-corrected chi connectivity index (χ3v) is 6.20. The van der Waals surface area contributed by atoms with E-state index in [2.05, 4.69) is 28.4 Å². The first kappa shape index (κ1) is 13.6. The lowest BCUT2D eigenvalue weighted by Crippen LogP contribution is -2.42. The van der Waals surface area contributed by atoms with Crippen molar-refractivity contribution in [2.75, 3.05) is 24.5 Å². The van der Waals surface area contributed by atoms with E-state index in [1.54, 1.807) is 11.1 Å². The van der Waals surface area contributed by atoms with Crippen molar-refractivity contribution < 1.29 is 0 Å². The van der Waals surface area contributed by atoms with Gasteiger partial charge in [-0.2, -0.15) is 0 Å². The van der Waals surface area contributed by atoms with Gasteiger partial charge in [-0.1, -0.05) is 31.4 Å². The molecular formula is C19H28N2. The number of rotatable bonds is 1. The van der Waals surface area contributed by atoms with Gasteiger partial charge in [0.25, 0.3) is 0 Å². The van der Waals surface area contributed by atoms with E-state index >= 15 is 0 Å². The molecule has 1 aromatic carbocycles. The van der Waals surface area contributed by atoms with Gasteiger partial charge in [-0.05, 0) is 61.3 Å². The maximum Gasteiger partial charge on any atom is 0.0414 e. The molecule has 1 saturated carbocycles. The largest absolute Gasteiger partial charge is 0.371 e. The molecular weight excluding hydrogens is 256 g/mol. The molecule has 0 bridgehead atoms. The van der Waals surface area contributed by atoms with Gasteiger partial charge in [-0.3, -0.25) is 0 Å². The predicted octanol–water partition coefficient (Wildman–Crippen LogP) is 3.88. The third kappa shape index (κ3) is 2.59. The third-order valence-electron chi connectivity index (χ3n) is 6.20. The van der Waals surface area contributed by atoms with Crippen LogP contribution >= 0.6 is 0 Å². The molecule has 4 rings (SSSR count). The van der Waals surface area contributed by atoms with Crippen molar-refractivity contribution in [2.24, 2.45) is 5.41 Å². The van der Waals surface area contributed by atoms with Crippen LogP contribution in [0.15, 0.2) is 18.2 Å². The number of hydrogen-bond acceptors (Lipinski definition) is 2. The highest BCUT2D eigenvalue weighted by molar-refractivity contribution is 5.58. The predicted molar refractivity (Wildman–Crippen MR) is 88.8 cm³/mol. The Balaban J connectivity index is 1.51. The monoisotopic (exact) mass is 284 g/mol. The highest BCUT2D eigenvalue weighted by Crippen LogP contribution is 2.45. The minimum absolute atomic E-state index is 0.710. The SMILES string of the molecule is c1cc2c(c(N3CCC4(CCCCC4)CC3)c1)CNCC2. The topological polar surface area (TPSA) is 15.3 Å². The molecule has 0 atom stereocenters. The fraction of sp³-hybridized carbons (Fsp3) is 0.684. The summed E-state index contributed by atoms with van der Waals surface area (Å²) in [5, 5.41) is 3.55. The molecule has 0 aromatic heterocycles. The molecule has 21 heavy (non-hydrogen) atoms.